The maximum atomic E-state index is 13.1. The zero-order valence-electron chi connectivity index (χ0n) is 14.5. The molecule has 0 unspecified atom stereocenters. The lowest BCUT2D eigenvalue weighted by Gasteiger charge is -2.14. The second kappa shape index (κ2) is 7.09. The topological polar surface area (TPSA) is 86.1 Å². The summed E-state index contributed by atoms with van der Waals surface area (Å²) in [5.74, 6) is -0.451. The van der Waals surface area contributed by atoms with Crippen molar-refractivity contribution < 1.29 is 13.2 Å². The fraction of sp³-hybridized carbons (Fsp3) is 0.105. The van der Waals surface area contributed by atoms with Crippen LogP contribution in [-0.4, -0.2) is 24.0 Å². The highest BCUT2D eigenvalue weighted by molar-refractivity contribution is 7.91. The minimum absolute atomic E-state index is 0.0228. The monoisotopic (exact) mass is 402 g/mol. The third-order valence-corrected chi connectivity index (χ3v) is 6.14. The van der Waals surface area contributed by atoms with E-state index in [0.717, 1.165) is 4.68 Å². The zero-order chi connectivity index (χ0) is 19.8. The summed E-state index contributed by atoms with van der Waals surface area (Å²) in [6.07, 6.45) is 0. The Balaban J connectivity index is 2.41. The fourth-order valence-electron chi connectivity index (χ4n) is 2.74. The highest BCUT2D eigenvalue weighted by Gasteiger charge is 2.29. The van der Waals surface area contributed by atoms with E-state index in [0.29, 0.717) is 5.02 Å². The third-order valence-electron chi connectivity index (χ3n) is 3.99. The molecule has 2 aromatic carbocycles. The SMILES string of the molecule is CC(=O)c1nn(-c2cccc(Cl)c2)c(=O)c(S(=O)(=O)c2ccccc2)c1C. The van der Waals surface area contributed by atoms with Crippen molar-refractivity contribution in [1.29, 1.82) is 0 Å². The first-order valence-electron chi connectivity index (χ1n) is 7.94. The number of carbonyl (C=O) groups is 1. The second-order valence-electron chi connectivity index (χ2n) is 5.87. The molecule has 0 N–H and O–H groups in total. The Morgan fingerprint density at radius 3 is 2.33 bits per heavy atom. The van der Waals surface area contributed by atoms with E-state index in [9.17, 15) is 18.0 Å². The molecular formula is C19H15ClN2O4S. The van der Waals surface area contributed by atoms with Gasteiger partial charge >= 0.3 is 0 Å². The van der Waals surface area contributed by atoms with Gasteiger partial charge in [-0.15, -0.1) is 0 Å². The first-order chi connectivity index (χ1) is 12.7. The Hall–Kier alpha value is -2.77. The van der Waals surface area contributed by atoms with Gasteiger partial charge in [0.1, 0.15) is 10.6 Å². The molecule has 8 heteroatoms. The molecule has 0 bridgehead atoms. The van der Waals surface area contributed by atoms with E-state index < -0.39 is 26.1 Å². The van der Waals surface area contributed by atoms with E-state index >= 15 is 0 Å². The molecule has 0 fully saturated rings. The molecule has 1 heterocycles. The molecule has 0 aliphatic heterocycles. The van der Waals surface area contributed by atoms with Crippen molar-refractivity contribution in [2.24, 2.45) is 0 Å². The summed E-state index contributed by atoms with van der Waals surface area (Å²) < 4.78 is 27.1. The molecule has 0 atom stereocenters. The van der Waals surface area contributed by atoms with Gasteiger partial charge in [-0.1, -0.05) is 35.9 Å². The molecule has 3 aromatic rings. The molecule has 0 aliphatic carbocycles. The first-order valence-corrected chi connectivity index (χ1v) is 9.80. The number of Topliss-reactive ketones (excluding diaryl/α,β-unsaturated/α-hetero) is 1. The second-order valence-corrected chi connectivity index (χ2v) is 8.20. The lowest BCUT2D eigenvalue weighted by molar-refractivity contribution is 0.101. The van der Waals surface area contributed by atoms with Gasteiger partial charge in [0, 0.05) is 17.5 Å². The van der Waals surface area contributed by atoms with Crippen molar-refractivity contribution in [1.82, 2.24) is 9.78 Å². The number of hydrogen-bond acceptors (Lipinski definition) is 5. The van der Waals surface area contributed by atoms with Crippen LogP contribution >= 0.6 is 11.6 Å². The van der Waals surface area contributed by atoms with Crippen molar-refractivity contribution in [3.8, 4) is 5.69 Å². The van der Waals surface area contributed by atoms with E-state index in [-0.39, 0.29) is 21.8 Å². The molecule has 138 valence electrons. The van der Waals surface area contributed by atoms with Crippen LogP contribution < -0.4 is 5.56 Å². The molecule has 1 aromatic heterocycles. The van der Waals surface area contributed by atoms with Crippen LogP contribution in [0.2, 0.25) is 5.02 Å². The van der Waals surface area contributed by atoms with Crippen LogP contribution in [0.1, 0.15) is 23.0 Å². The van der Waals surface area contributed by atoms with Crippen LogP contribution in [0.4, 0.5) is 0 Å². The average molecular weight is 403 g/mol. The van der Waals surface area contributed by atoms with Gasteiger partial charge in [0.05, 0.1) is 10.6 Å². The van der Waals surface area contributed by atoms with Crippen molar-refractivity contribution in [3.05, 3.63) is 81.2 Å². The summed E-state index contributed by atoms with van der Waals surface area (Å²) in [4.78, 5) is 24.6. The maximum Gasteiger partial charge on any atom is 0.290 e. The molecule has 0 amide bonds. The Morgan fingerprint density at radius 1 is 1.07 bits per heavy atom. The van der Waals surface area contributed by atoms with E-state index in [1.165, 1.54) is 32.0 Å². The lowest BCUT2D eigenvalue weighted by Crippen LogP contribution is -2.31. The lowest BCUT2D eigenvalue weighted by atomic mass is 10.2. The summed E-state index contributed by atoms with van der Waals surface area (Å²) in [6.45, 7) is 2.67. The molecule has 0 radical (unpaired) electrons. The highest BCUT2D eigenvalue weighted by Crippen LogP contribution is 2.23. The number of aromatic nitrogens is 2. The van der Waals surface area contributed by atoms with E-state index in [1.54, 1.807) is 36.4 Å². The van der Waals surface area contributed by atoms with E-state index in [4.69, 9.17) is 11.6 Å². The Bertz CT molecular complexity index is 1200. The molecule has 3 rings (SSSR count). The van der Waals surface area contributed by atoms with Gasteiger partial charge in [0.2, 0.25) is 9.84 Å². The fourth-order valence-corrected chi connectivity index (χ4v) is 4.49. The molecule has 27 heavy (non-hydrogen) atoms. The standard InChI is InChI=1S/C19H15ClN2O4S/c1-12-17(13(2)23)21-22(15-8-6-7-14(20)11-15)19(24)18(12)27(25,26)16-9-4-3-5-10-16/h3-11H,1-2H3. The van der Waals surface area contributed by atoms with Crippen molar-refractivity contribution >= 4 is 27.2 Å². The smallest absolute Gasteiger partial charge is 0.290 e. The van der Waals surface area contributed by atoms with Crippen LogP contribution in [0.5, 0.6) is 0 Å². The third kappa shape index (κ3) is 3.43. The van der Waals surface area contributed by atoms with Gasteiger partial charge in [-0.05, 0) is 37.3 Å². The summed E-state index contributed by atoms with van der Waals surface area (Å²) in [5.41, 5.74) is -0.651. The molecule has 0 spiro atoms. The quantitative estimate of drug-likeness (QED) is 0.625. The van der Waals surface area contributed by atoms with E-state index in [1.807, 2.05) is 0 Å². The average Bonchev–Trinajstić information content (AvgIpc) is 2.62. The summed E-state index contributed by atoms with van der Waals surface area (Å²) >= 11 is 5.98. The first kappa shape index (κ1) is 19.0. The Kier molecular flexibility index (Phi) is 4.99. The summed E-state index contributed by atoms with van der Waals surface area (Å²) in [5, 5.41) is 4.43. The van der Waals surface area contributed by atoms with Gasteiger partial charge < -0.3 is 0 Å². The van der Waals surface area contributed by atoms with Crippen LogP contribution in [-0.2, 0) is 9.84 Å². The van der Waals surface area contributed by atoms with Gasteiger partial charge in [0.25, 0.3) is 5.56 Å². The largest absolute Gasteiger partial charge is 0.293 e. The maximum absolute atomic E-state index is 13.1. The Morgan fingerprint density at radius 2 is 1.74 bits per heavy atom. The normalized spacial score (nSPS) is 11.4. The number of halogens is 1. The molecule has 0 aliphatic rings. The number of nitrogens with zero attached hydrogens (tertiary/aromatic N) is 2. The Labute approximate surface area is 161 Å². The molecule has 0 saturated carbocycles. The number of rotatable bonds is 4. The van der Waals surface area contributed by atoms with Crippen LogP contribution in [0.15, 0.2) is 69.2 Å². The van der Waals surface area contributed by atoms with Crippen molar-refractivity contribution in [2.45, 2.75) is 23.6 Å². The van der Waals surface area contributed by atoms with Crippen LogP contribution in [0.3, 0.4) is 0 Å². The van der Waals surface area contributed by atoms with Crippen LogP contribution in [0, 0.1) is 6.92 Å². The van der Waals surface area contributed by atoms with Gasteiger partial charge in [0.15, 0.2) is 5.78 Å². The molecule has 6 nitrogen and oxygen atoms in total. The van der Waals surface area contributed by atoms with Crippen molar-refractivity contribution in [2.75, 3.05) is 0 Å². The summed E-state index contributed by atoms with van der Waals surface area (Å²) in [7, 11) is -4.16. The number of ketones is 1. The van der Waals surface area contributed by atoms with Crippen molar-refractivity contribution in [3.63, 3.8) is 0 Å². The minimum Gasteiger partial charge on any atom is -0.293 e. The number of hydrogen-bond donors (Lipinski definition) is 0. The predicted molar refractivity (Wildman–Crippen MR) is 101 cm³/mol. The summed E-state index contributed by atoms with van der Waals surface area (Å²) in [6, 6.07) is 13.8. The van der Waals surface area contributed by atoms with Gasteiger partial charge in [-0.25, -0.2) is 8.42 Å². The molecule has 0 saturated heterocycles. The number of benzene rings is 2. The minimum atomic E-state index is -4.16. The molecular weight excluding hydrogens is 388 g/mol. The number of sulfone groups is 1. The van der Waals surface area contributed by atoms with Gasteiger partial charge in [-0.2, -0.15) is 9.78 Å². The predicted octanol–water partition coefficient (Wildman–Crippen LogP) is 3.23. The highest BCUT2D eigenvalue weighted by atomic mass is 35.5. The zero-order valence-corrected chi connectivity index (χ0v) is 16.1. The number of carbonyl (C=O) groups excluding carboxylic acids is 1. The van der Waals surface area contributed by atoms with Gasteiger partial charge in [-0.3, -0.25) is 9.59 Å². The van der Waals surface area contributed by atoms with E-state index in [2.05, 4.69) is 5.10 Å². The van der Waals surface area contributed by atoms with Crippen LogP contribution in [0.25, 0.3) is 5.69 Å².